The molecule has 4 aliphatic rings. The highest BCUT2D eigenvalue weighted by atomic mass is 32.2. The Hall–Kier alpha value is -4.92. The van der Waals surface area contributed by atoms with E-state index in [9.17, 15) is 36.4 Å². The molecule has 0 unspecified atom stereocenters. The third-order valence-corrected chi connectivity index (χ3v) is 14.2. The van der Waals surface area contributed by atoms with Gasteiger partial charge in [-0.05, 0) is 42.7 Å². The summed E-state index contributed by atoms with van der Waals surface area (Å²) in [7, 11) is -2.35. The fourth-order valence-electron chi connectivity index (χ4n) is 8.43. The van der Waals surface area contributed by atoms with Gasteiger partial charge in [0, 0.05) is 68.3 Å². The molecule has 1 aromatic heterocycles. The van der Waals surface area contributed by atoms with Gasteiger partial charge in [0.1, 0.15) is 17.6 Å². The second kappa shape index (κ2) is 15.9. The summed E-state index contributed by atoms with van der Waals surface area (Å²) in [6, 6.07) is 15.6. The number of fused-ring (bicyclic) bond motifs is 1. The zero-order chi connectivity index (χ0) is 42.5. The minimum absolute atomic E-state index is 0.0350. The van der Waals surface area contributed by atoms with Crippen LogP contribution in [0.5, 0.6) is 11.5 Å². The van der Waals surface area contributed by atoms with Gasteiger partial charge >= 0.3 is 0 Å². The molecule has 12 nitrogen and oxygen atoms in total. The summed E-state index contributed by atoms with van der Waals surface area (Å²) in [5.41, 5.74) is -0.0804. The van der Waals surface area contributed by atoms with Gasteiger partial charge in [0.05, 0.1) is 47.5 Å². The highest BCUT2D eigenvalue weighted by molar-refractivity contribution is 7.90. The maximum Gasteiger partial charge on any atom is 0.251 e. The first-order valence-corrected chi connectivity index (χ1v) is 21.8. The molecule has 15 heteroatoms. The monoisotopic (exact) mass is 834 g/mol. The van der Waals surface area contributed by atoms with Crippen LogP contribution in [0.4, 0.5) is 8.78 Å². The number of carbonyl (C=O) groups is 4. The molecule has 7 rings (SSSR count). The van der Waals surface area contributed by atoms with Crippen molar-refractivity contribution in [2.45, 2.75) is 95.5 Å². The van der Waals surface area contributed by atoms with Crippen LogP contribution in [0.2, 0.25) is 0 Å². The number of allylic oxidation sites excluding steroid dienone is 1. The Morgan fingerprint density at radius 3 is 2.36 bits per heavy atom. The number of nitrogens with one attached hydrogen (secondary N) is 1. The van der Waals surface area contributed by atoms with E-state index in [4.69, 9.17) is 14.5 Å². The third-order valence-electron chi connectivity index (χ3n) is 12.4. The van der Waals surface area contributed by atoms with Crippen molar-refractivity contribution in [3.63, 3.8) is 0 Å². The molecule has 4 fully saturated rings. The maximum absolute atomic E-state index is 14.9. The summed E-state index contributed by atoms with van der Waals surface area (Å²) in [5, 5.41) is 0.0231. The molecule has 0 spiro atoms. The average Bonchev–Trinajstić information content (AvgIpc) is 4.13. The Balaban J connectivity index is 1.21. The van der Waals surface area contributed by atoms with Gasteiger partial charge in [-0.25, -0.2) is 22.2 Å². The second-order valence-electron chi connectivity index (χ2n) is 17.6. The van der Waals surface area contributed by atoms with Gasteiger partial charge in [0.2, 0.25) is 27.7 Å². The van der Waals surface area contributed by atoms with Gasteiger partial charge in [-0.1, -0.05) is 57.2 Å². The van der Waals surface area contributed by atoms with Crippen LogP contribution in [-0.4, -0.2) is 96.8 Å². The normalized spacial score (nSPS) is 24.6. The number of ether oxygens (including phenoxy) is 2. The van der Waals surface area contributed by atoms with Crippen LogP contribution >= 0.6 is 0 Å². The Morgan fingerprint density at radius 1 is 1.05 bits per heavy atom. The number of alkyl halides is 2. The van der Waals surface area contributed by atoms with Crippen molar-refractivity contribution >= 4 is 44.4 Å². The highest BCUT2D eigenvalue weighted by Crippen LogP contribution is 2.57. The van der Waals surface area contributed by atoms with E-state index in [-0.39, 0.29) is 45.3 Å². The number of likely N-dealkylation sites (tertiary alicyclic amines) is 2. The van der Waals surface area contributed by atoms with E-state index in [0.717, 1.165) is 5.56 Å². The van der Waals surface area contributed by atoms with Crippen molar-refractivity contribution in [2.24, 2.45) is 22.7 Å². The quantitative estimate of drug-likeness (QED) is 0.184. The molecule has 59 heavy (non-hydrogen) atoms. The van der Waals surface area contributed by atoms with Crippen molar-refractivity contribution in [3.05, 3.63) is 67.3 Å². The van der Waals surface area contributed by atoms with Crippen LogP contribution in [0.15, 0.2) is 67.3 Å². The van der Waals surface area contributed by atoms with Gasteiger partial charge in [-0.3, -0.25) is 23.9 Å². The minimum atomic E-state index is -3.90. The lowest BCUT2D eigenvalue weighted by Crippen LogP contribution is -2.50. The van der Waals surface area contributed by atoms with Crippen LogP contribution in [0.3, 0.4) is 0 Å². The van der Waals surface area contributed by atoms with Gasteiger partial charge < -0.3 is 19.3 Å². The van der Waals surface area contributed by atoms with Gasteiger partial charge in [-0.15, -0.1) is 6.58 Å². The zero-order valence-corrected chi connectivity index (χ0v) is 34.7. The van der Waals surface area contributed by atoms with Crippen LogP contribution in [-0.2, 0) is 29.2 Å². The number of ketones is 1. The number of hydrogen-bond acceptors (Lipinski definition) is 9. The summed E-state index contributed by atoms with van der Waals surface area (Å²) in [6.45, 7) is 8.98. The molecule has 0 radical (unpaired) electrons. The highest BCUT2D eigenvalue weighted by Gasteiger charge is 2.61. The second-order valence-corrected chi connectivity index (χ2v) is 19.6. The number of piperidine rings is 1. The van der Waals surface area contributed by atoms with E-state index in [1.165, 1.54) is 9.80 Å². The lowest BCUT2D eigenvalue weighted by atomic mass is 9.77. The van der Waals surface area contributed by atoms with Crippen LogP contribution in [0.1, 0.15) is 72.1 Å². The number of pyridine rings is 1. The Kier molecular flexibility index (Phi) is 11.4. The van der Waals surface area contributed by atoms with E-state index in [1.807, 2.05) is 63.2 Å². The average molecular weight is 835 g/mol. The van der Waals surface area contributed by atoms with Crippen LogP contribution in [0, 0.1) is 22.7 Å². The topological polar surface area (TPSA) is 152 Å². The summed E-state index contributed by atoms with van der Waals surface area (Å²) in [4.78, 5) is 64.5. The number of benzene rings is 2. The largest absolute Gasteiger partial charge is 0.497 e. The van der Waals surface area contributed by atoms with Crippen molar-refractivity contribution in [1.82, 2.24) is 19.5 Å². The number of amides is 3. The number of carbonyl (C=O) groups excluding carboxylic acids is 4. The van der Waals surface area contributed by atoms with Gasteiger partial charge in [0.15, 0.2) is 5.78 Å². The number of nitrogens with zero attached hydrogens (tertiary/aromatic N) is 3. The number of aromatic nitrogens is 1. The number of rotatable bonds is 14. The lowest BCUT2D eigenvalue weighted by molar-refractivity contribution is -0.150. The summed E-state index contributed by atoms with van der Waals surface area (Å²) in [6.07, 6.45) is 0.492. The van der Waals surface area contributed by atoms with E-state index in [2.05, 4.69) is 11.3 Å². The molecule has 1 N–H and O–H groups in total. The smallest absolute Gasteiger partial charge is 0.251 e. The summed E-state index contributed by atoms with van der Waals surface area (Å²) in [5.74, 6) is -5.30. The Morgan fingerprint density at radius 2 is 1.75 bits per heavy atom. The van der Waals surface area contributed by atoms with Crippen LogP contribution < -0.4 is 14.2 Å². The molecule has 2 aliphatic carbocycles. The van der Waals surface area contributed by atoms with E-state index < -0.39 is 92.4 Å². The first kappa shape index (κ1) is 42.2. The molecule has 2 aromatic carbocycles. The number of methoxy groups -OCH3 is 1. The van der Waals surface area contributed by atoms with Crippen molar-refractivity contribution in [2.75, 3.05) is 26.7 Å². The number of halogens is 2. The fraction of sp³-hybridized carbons (Fsp3) is 0.523. The SMILES string of the molecule is C=C[C@@H]1C[C@]1(CC(=O)[C@@H]1C[C@@H](Oc2cc(-c3ccccc3)nc3cc(OC)ccc23)CN1C(=O)[C@@H](CC(=O)N1CCC(F)(F)CC1)C(C)(C)C)C(=O)NS(=O)(=O)C1CC1. The van der Waals surface area contributed by atoms with E-state index in [1.54, 1.807) is 25.3 Å². The fourth-order valence-corrected chi connectivity index (χ4v) is 9.81. The molecule has 3 amide bonds. The maximum atomic E-state index is 14.9. The molecule has 0 bridgehead atoms. The molecular weight excluding hydrogens is 783 g/mol. The van der Waals surface area contributed by atoms with Crippen molar-refractivity contribution in [1.29, 1.82) is 0 Å². The molecule has 3 aromatic rings. The predicted octanol–water partition coefficient (Wildman–Crippen LogP) is 6.33. The molecule has 2 aliphatic heterocycles. The first-order chi connectivity index (χ1) is 27.8. The molecule has 2 saturated heterocycles. The van der Waals surface area contributed by atoms with E-state index >= 15 is 0 Å². The molecule has 2 saturated carbocycles. The molecule has 5 atom stereocenters. The number of hydrogen-bond donors (Lipinski definition) is 1. The van der Waals surface area contributed by atoms with Gasteiger partial charge in [-0.2, -0.15) is 0 Å². The van der Waals surface area contributed by atoms with Gasteiger partial charge in [0.25, 0.3) is 5.92 Å². The lowest BCUT2D eigenvalue weighted by Gasteiger charge is -2.37. The third kappa shape index (κ3) is 9.00. The molecular formula is C44H52F2N4O8S. The Bertz CT molecular complexity index is 2250. The number of Topliss-reactive ketones (excluding diaryl/α,β-unsaturated/α-hetero) is 1. The first-order valence-electron chi connectivity index (χ1n) is 20.2. The molecule has 3 heterocycles. The summed E-state index contributed by atoms with van der Waals surface area (Å²) >= 11 is 0. The van der Waals surface area contributed by atoms with E-state index in [0.29, 0.717) is 40.9 Å². The number of sulfonamides is 1. The zero-order valence-electron chi connectivity index (χ0n) is 33.9. The predicted molar refractivity (Wildman–Crippen MR) is 217 cm³/mol. The standard InChI is InChI=1S/C44H52F2N4O8S/c1-6-28-24-43(28,41(54)48-59(55,56)31-13-14-31)25-37(51)36-21-30(26-50(36)40(53)33(42(2,3)4)22-39(52)49-18-16-44(45,46)17-19-49)58-38-23-34(27-10-8-7-9-11-27)47-35-20-29(57-5)12-15-32(35)38/h6-12,15,20,23,28,30-31,33,36H,1,13-14,16-19,21-22,24-26H2,2-5H3,(H,48,54)/t28-,30-,33-,36+,43-/m1/s1. The molecule has 316 valence electrons. The Labute approximate surface area is 343 Å². The van der Waals surface area contributed by atoms with Crippen molar-refractivity contribution < 1.29 is 45.9 Å². The minimum Gasteiger partial charge on any atom is -0.497 e. The van der Waals surface area contributed by atoms with Crippen LogP contribution in [0.25, 0.3) is 22.2 Å². The van der Waals surface area contributed by atoms with Crippen molar-refractivity contribution in [3.8, 4) is 22.8 Å². The summed E-state index contributed by atoms with van der Waals surface area (Å²) < 4.78 is 68.1.